The van der Waals surface area contributed by atoms with Crippen molar-refractivity contribution in [2.24, 2.45) is 0 Å². The smallest absolute Gasteiger partial charge is 0.102 e. The molecule has 2 aromatic carbocycles. The second-order valence-electron chi connectivity index (χ2n) is 3.95. The van der Waals surface area contributed by atoms with Crippen LogP contribution in [0.1, 0.15) is 16.7 Å². The lowest BCUT2D eigenvalue weighted by atomic mass is 10.1. The maximum Gasteiger partial charge on any atom is 0.102 e. The van der Waals surface area contributed by atoms with Gasteiger partial charge in [0.1, 0.15) is 6.07 Å². The van der Waals surface area contributed by atoms with Crippen molar-refractivity contribution in [3.8, 4) is 6.07 Å². The fourth-order valence-electron chi connectivity index (χ4n) is 1.76. The predicted molar refractivity (Wildman–Crippen MR) is 69.7 cm³/mol. The molecule has 0 fully saturated rings. The molecule has 0 bridgehead atoms. The maximum atomic E-state index is 9.11. The Hall–Kier alpha value is -2.27. The van der Waals surface area contributed by atoms with Gasteiger partial charge in [-0.25, -0.2) is 0 Å². The van der Waals surface area contributed by atoms with Crippen molar-refractivity contribution in [3.05, 3.63) is 65.2 Å². The quantitative estimate of drug-likeness (QED) is 0.863. The third-order valence-corrected chi connectivity index (χ3v) is 2.71. The molecule has 0 saturated heterocycles. The third kappa shape index (κ3) is 2.64. The minimum Gasteiger partial charge on any atom is -0.380 e. The number of rotatable bonds is 3. The van der Waals surface area contributed by atoms with Gasteiger partial charge in [-0.1, -0.05) is 42.5 Å². The Bertz CT molecular complexity index is 539. The van der Waals surface area contributed by atoms with Crippen LogP contribution in [0, 0.1) is 18.3 Å². The highest BCUT2D eigenvalue weighted by Gasteiger charge is 2.03. The standard InChI is InChI=1S/C15H14N2/c1-12-6-5-9-15(14(12)10-16)17-11-13-7-3-2-4-8-13/h2-9,17H,11H2,1H3. The minimum absolute atomic E-state index is 0.725. The zero-order valence-electron chi connectivity index (χ0n) is 9.77. The van der Waals surface area contributed by atoms with Gasteiger partial charge in [0.15, 0.2) is 0 Å². The lowest BCUT2D eigenvalue weighted by molar-refractivity contribution is 1.14. The molecular formula is C15H14N2. The summed E-state index contributed by atoms with van der Waals surface area (Å²) in [5, 5.41) is 12.4. The predicted octanol–water partition coefficient (Wildman–Crippen LogP) is 3.48. The molecule has 17 heavy (non-hydrogen) atoms. The van der Waals surface area contributed by atoms with Gasteiger partial charge in [0.2, 0.25) is 0 Å². The zero-order valence-corrected chi connectivity index (χ0v) is 9.77. The summed E-state index contributed by atoms with van der Waals surface area (Å²) >= 11 is 0. The van der Waals surface area contributed by atoms with E-state index in [-0.39, 0.29) is 0 Å². The Morgan fingerprint density at radius 1 is 1.06 bits per heavy atom. The van der Waals surface area contributed by atoms with Gasteiger partial charge in [-0.2, -0.15) is 5.26 Å². The number of anilines is 1. The molecule has 0 heterocycles. The molecular weight excluding hydrogens is 208 g/mol. The summed E-state index contributed by atoms with van der Waals surface area (Å²) in [6.07, 6.45) is 0. The number of aryl methyl sites for hydroxylation is 1. The average molecular weight is 222 g/mol. The van der Waals surface area contributed by atoms with E-state index in [0.29, 0.717) is 0 Å². The lowest BCUT2D eigenvalue weighted by Crippen LogP contribution is -2.01. The highest BCUT2D eigenvalue weighted by Crippen LogP contribution is 2.18. The molecule has 2 aromatic rings. The first-order chi connectivity index (χ1) is 8.31. The van der Waals surface area contributed by atoms with Gasteiger partial charge in [-0.15, -0.1) is 0 Å². The number of nitriles is 1. The van der Waals surface area contributed by atoms with Gasteiger partial charge in [0.25, 0.3) is 0 Å². The van der Waals surface area contributed by atoms with Gasteiger partial charge in [0.05, 0.1) is 11.3 Å². The summed E-state index contributed by atoms with van der Waals surface area (Å²) in [7, 11) is 0. The minimum atomic E-state index is 0.725. The van der Waals surface area contributed by atoms with E-state index in [1.165, 1.54) is 5.56 Å². The Kier molecular flexibility index (Phi) is 3.42. The summed E-state index contributed by atoms with van der Waals surface area (Å²) < 4.78 is 0. The van der Waals surface area contributed by atoms with Gasteiger partial charge in [-0.05, 0) is 24.1 Å². The van der Waals surface area contributed by atoms with Crippen molar-refractivity contribution < 1.29 is 0 Å². The second kappa shape index (κ2) is 5.18. The molecule has 2 nitrogen and oxygen atoms in total. The summed E-state index contributed by atoms with van der Waals surface area (Å²) in [4.78, 5) is 0. The maximum absolute atomic E-state index is 9.11. The highest BCUT2D eigenvalue weighted by molar-refractivity contribution is 5.60. The second-order valence-corrected chi connectivity index (χ2v) is 3.95. The van der Waals surface area contributed by atoms with Crippen molar-refractivity contribution in [1.29, 1.82) is 5.26 Å². The molecule has 2 rings (SSSR count). The molecule has 0 aromatic heterocycles. The van der Waals surface area contributed by atoms with Crippen LogP contribution in [-0.4, -0.2) is 0 Å². The summed E-state index contributed by atoms with van der Waals surface area (Å²) in [6, 6.07) is 18.2. The van der Waals surface area contributed by atoms with E-state index in [1.807, 2.05) is 43.3 Å². The fourth-order valence-corrected chi connectivity index (χ4v) is 1.76. The Morgan fingerprint density at radius 2 is 1.82 bits per heavy atom. The number of nitrogens with one attached hydrogen (secondary N) is 1. The van der Waals surface area contributed by atoms with E-state index < -0.39 is 0 Å². The van der Waals surface area contributed by atoms with E-state index in [2.05, 4.69) is 23.5 Å². The number of hydrogen-bond donors (Lipinski definition) is 1. The van der Waals surface area contributed by atoms with Crippen LogP contribution in [-0.2, 0) is 6.54 Å². The molecule has 0 amide bonds. The molecule has 0 saturated carbocycles. The van der Waals surface area contributed by atoms with Crippen molar-refractivity contribution in [3.63, 3.8) is 0 Å². The SMILES string of the molecule is Cc1cccc(NCc2ccccc2)c1C#N. The molecule has 0 aliphatic heterocycles. The van der Waals surface area contributed by atoms with Crippen LogP contribution in [0.3, 0.4) is 0 Å². The number of hydrogen-bond acceptors (Lipinski definition) is 2. The fraction of sp³-hybridized carbons (Fsp3) is 0.133. The van der Waals surface area contributed by atoms with Crippen LogP contribution < -0.4 is 5.32 Å². The normalized spacial score (nSPS) is 9.65. The first-order valence-electron chi connectivity index (χ1n) is 5.59. The van der Waals surface area contributed by atoms with Crippen LogP contribution in [0.15, 0.2) is 48.5 Å². The van der Waals surface area contributed by atoms with Gasteiger partial charge >= 0.3 is 0 Å². The monoisotopic (exact) mass is 222 g/mol. The topological polar surface area (TPSA) is 35.8 Å². The molecule has 1 N–H and O–H groups in total. The van der Waals surface area contributed by atoms with Crippen molar-refractivity contribution >= 4 is 5.69 Å². The van der Waals surface area contributed by atoms with E-state index in [9.17, 15) is 0 Å². The van der Waals surface area contributed by atoms with E-state index in [0.717, 1.165) is 23.4 Å². The highest BCUT2D eigenvalue weighted by atomic mass is 14.9. The van der Waals surface area contributed by atoms with Crippen molar-refractivity contribution in [1.82, 2.24) is 0 Å². The van der Waals surface area contributed by atoms with Crippen LogP contribution in [0.5, 0.6) is 0 Å². The Morgan fingerprint density at radius 3 is 2.53 bits per heavy atom. The third-order valence-electron chi connectivity index (χ3n) is 2.71. The molecule has 0 spiro atoms. The van der Waals surface area contributed by atoms with E-state index >= 15 is 0 Å². The van der Waals surface area contributed by atoms with Crippen LogP contribution in [0.4, 0.5) is 5.69 Å². The Balaban J connectivity index is 2.15. The van der Waals surface area contributed by atoms with E-state index in [1.54, 1.807) is 0 Å². The lowest BCUT2D eigenvalue weighted by Gasteiger charge is -2.09. The molecule has 84 valence electrons. The zero-order chi connectivity index (χ0) is 12.1. The molecule has 0 unspecified atom stereocenters. The van der Waals surface area contributed by atoms with Crippen molar-refractivity contribution in [2.75, 3.05) is 5.32 Å². The number of benzene rings is 2. The average Bonchev–Trinajstić information content (AvgIpc) is 2.37. The largest absolute Gasteiger partial charge is 0.380 e. The first-order valence-corrected chi connectivity index (χ1v) is 5.59. The van der Waals surface area contributed by atoms with Crippen LogP contribution in [0.25, 0.3) is 0 Å². The molecule has 0 atom stereocenters. The molecule has 0 radical (unpaired) electrons. The van der Waals surface area contributed by atoms with Crippen LogP contribution >= 0.6 is 0 Å². The number of nitrogens with zero attached hydrogens (tertiary/aromatic N) is 1. The Labute approximate surface area is 102 Å². The van der Waals surface area contributed by atoms with Crippen LogP contribution in [0.2, 0.25) is 0 Å². The van der Waals surface area contributed by atoms with E-state index in [4.69, 9.17) is 5.26 Å². The molecule has 2 heteroatoms. The molecule has 0 aliphatic carbocycles. The summed E-state index contributed by atoms with van der Waals surface area (Å²) in [6.45, 7) is 2.69. The van der Waals surface area contributed by atoms with Gasteiger partial charge in [-0.3, -0.25) is 0 Å². The summed E-state index contributed by atoms with van der Waals surface area (Å²) in [5.41, 5.74) is 3.84. The van der Waals surface area contributed by atoms with Gasteiger partial charge < -0.3 is 5.32 Å². The first kappa shape index (κ1) is 11.2. The summed E-state index contributed by atoms with van der Waals surface area (Å²) in [5.74, 6) is 0. The molecule has 0 aliphatic rings. The van der Waals surface area contributed by atoms with Gasteiger partial charge in [0, 0.05) is 6.54 Å². The van der Waals surface area contributed by atoms with Crippen molar-refractivity contribution in [2.45, 2.75) is 13.5 Å².